The third-order valence-corrected chi connectivity index (χ3v) is 6.05. The third-order valence-electron chi connectivity index (χ3n) is 5.44. The van der Waals surface area contributed by atoms with Gasteiger partial charge in [-0.15, -0.1) is 9.24 Å². The minimum atomic E-state index is -0.396. The molecule has 5 nitrogen and oxygen atoms in total. The fourth-order valence-electron chi connectivity index (χ4n) is 3.99. The molecule has 140 valence electrons. The number of halogens is 3. The van der Waals surface area contributed by atoms with Crippen LogP contribution < -0.4 is 15.1 Å². The van der Waals surface area contributed by atoms with E-state index in [2.05, 4.69) is 29.3 Å². The molecule has 0 radical (unpaired) electrons. The molecule has 1 aromatic carbocycles. The molecule has 1 unspecified atom stereocenters. The topological polar surface area (TPSA) is 48.1 Å². The standard InChI is InChI=1S/C18H17ClF2N5P/c19-12-5-10(20)6-14-15(12)17(24-23-14)26-4-3-25(9-18(26)1-2-18)16-13(21)7-11(27)8-22-16/h5-8H,1-4,9,27H2,(H,23,24). The molecule has 3 aromatic rings. The van der Waals surface area contributed by atoms with E-state index >= 15 is 0 Å². The van der Waals surface area contributed by atoms with E-state index < -0.39 is 5.82 Å². The number of aromatic nitrogens is 3. The predicted octanol–water partition coefficient (Wildman–Crippen LogP) is 3.25. The average Bonchev–Trinajstić information content (AvgIpc) is 3.23. The molecule has 1 saturated carbocycles. The SMILES string of the molecule is Fc1cc(Cl)c2c(N3CCN(c4ncc(P)cc4F)CC34CC4)n[nH]c2c1. The van der Waals surface area contributed by atoms with Gasteiger partial charge in [-0.25, -0.2) is 13.8 Å². The molecule has 0 bridgehead atoms. The molecular weight excluding hydrogens is 391 g/mol. The van der Waals surface area contributed by atoms with E-state index in [0.717, 1.165) is 29.4 Å². The van der Waals surface area contributed by atoms with Gasteiger partial charge in [-0.3, -0.25) is 5.10 Å². The molecule has 2 fully saturated rings. The van der Waals surface area contributed by atoms with Gasteiger partial charge in [0.1, 0.15) is 5.82 Å². The molecular formula is C18H17ClF2N5P. The summed E-state index contributed by atoms with van der Waals surface area (Å²) < 4.78 is 28.0. The van der Waals surface area contributed by atoms with Gasteiger partial charge >= 0.3 is 0 Å². The summed E-state index contributed by atoms with van der Waals surface area (Å²) >= 11 is 6.30. The molecule has 3 heterocycles. The normalized spacial score (nSPS) is 18.5. The molecule has 27 heavy (non-hydrogen) atoms. The van der Waals surface area contributed by atoms with Crippen molar-refractivity contribution in [2.45, 2.75) is 18.4 Å². The van der Waals surface area contributed by atoms with E-state index in [1.807, 2.05) is 4.90 Å². The van der Waals surface area contributed by atoms with Gasteiger partial charge in [0, 0.05) is 25.8 Å². The highest BCUT2D eigenvalue weighted by molar-refractivity contribution is 7.27. The van der Waals surface area contributed by atoms with Crippen LogP contribution in [0.1, 0.15) is 12.8 Å². The number of anilines is 2. The molecule has 1 aliphatic carbocycles. The zero-order valence-electron chi connectivity index (χ0n) is 14.3. The number of H-pyrrole nitrogens is 1. The van der Waals surface area contributed by atoms with E-state index in [4.69, 9.17) is 11.6 Å². The third kappa shape index (κ3) is 2.75. The first-order chi connectivity index (χ1) is 13.0. The molecule has 1 spiro atoms. The molecule has 2 aromatic heterocycles. The number of fused-ring (bicyclic) bond motifs is 1. The second kappa shape index (κ2) is 6.01. The van der Waals surface area contributed by atoms with Crippen molar-refractivity contribution in [2.24, 2.45) is 0 Å². The summed E-state index contributed by atoms with van der Waals surface area (Å²) in [6.45, 7) is 1.95. The Labute approximate surface area is 161 Å². The van der Waals surface area contributed by atoms with Gasteiger partial charge in [-0.05, 0) is 36.3 Å². The number of nitrogens with one attached hydrogen (secondary N) is 1. The van der Waals surface area contributed by atoms with Crippen molar-refractivity contribution in [3.63, 3.8) is 0 Å². The zero-order valence-corrected chi connectivity index (χ0v) is 16.3. The summed E-state index contributed by atoms with van der Waals surface area (Å²) in [6.07, 6.45) is 3.63. The first-order valence-electron chi connectivity index (χ1n) is 8.74. The molecule has 1 aliphatic heterocycles. The van der Waals surface area contributed by atoms with Crippen LogP contribution in [0.5, 0.6) is 0 Å². The van der Waals surface area contributed by atoms with Crippen LogP contribution in [0.15, 0.2) is 24.4 Å². The largest absolute Gasteiger partial charge is 0.350 e. The highest BCUT2D eigenvalue weighted by atomic mass is 35.5. The van der Waals surface area contributed by atoms with Crippen molar-refractivity contribution in [3.05, 3.63) is 41.1 Å². The summed E-state index contributed by atoms with van der Waals surface area (Å²) in [5, 5.41) is 9.11. The lowest BCUT2D eigenvalue weighted by molar-refractivity contribution is 0.494. The van der Waals surface area contributed by atoms with Gasteiger partial charge in [0.05, 0.1) is 21.5 Å². The number of pyridine rings is 1. The van der Waals surface area contributed by atoms with Crippen molar-refractivity contribution in [1.29, 1.82) is 0 Å². The minimum absolute atomic E-state index is 0.119. The van der Waals surface area contributed by atoms with Crippen LogP contribution in [0.3, 0.4) is 0 Å². The maximum Gasteiger partial charge on any atom is 0.166 e. The fourth-order valence-corrected chi connectivity index (χ4v) is 4.50. The Morgan fingerprint density at radius 3 is 2.70 bits per heavy atom. The van der Waals surface area contributed by atoms with Gasteiger partial charge in [0.25, 0.3) is 0 Å². The van der Waals surface area contributed by atoms with Crippen molar-refractivity contribution >= 4 is 48.7 Å². The summed E-state index contributed by atoms with van der Waals surface area (Å²) in [5.41, 5.74) is 0.461. The quantitative estimate of drug-likeness (QED) is 0.663. The van der Waals surface area contributed by atoms with E-state index in [1.165, 1.54) is 18.2 Å². The summed E-state index contributed by atoms with van der Waals surface area (Å²) in [7, 11) is 2.46. The molecule has 5 rings (SSSR count). The van der Waals surface area contributed by atoms with Crippen LogP contribution in [0, 0.1) is 11.6 Å². The van der Waals surface area contributed by atoms with Crippen LogP contribution in [0.2, 0.25) is 5.02 Å². The lowest BCUT2D eigenvalue weighted by Crippen LogP contribution is -2.56. The Kier molecular flexibility index (Phi) is 3.82. The van der Waals surface area contributed by atoms with Crippen molar-refractivity contribution in [1.82, 2.24) is 15.2 Å². The first-order valence-corrected chi connectivity index (χ1v) is 9.69. The monoisotopic (exact) mass is 407 g/mol. The van der Waals surface area contributed by atoms with E-state index in [0.29, 0.717) is 36.0 Å². The number of nitrogens with zero attached hydrogens (tertiary/aromatic N) is 4. The summed E-state index contributed by atoms with van der Waals surface area (Å²) in [6, 6.07) is 4.19. The fraction of sp³-hybridized carbons (Fsp3) is 0.333. The summed E-state index contributed by atoms with van der Waals surface area (Å²) in [4.78, 5) is 8.51. The first kappa shape index (κ1) is 17.1. The maximum atomic E-state index is 14.4. The van der Waals surface area contributed by atoms with E-state index in [1.54, 1.807) is 6.20 Å². The lowest BCUT2D eigenvalue weighted by Gasteiger charge is -2.43. The van der Waals surface area contributed by atoms with Crippen LogP contribution in [-0.4, -0.2) is 40.4 Å². The Morgan fingerprint density at radius 1 is 1.15 bits per heavy atom. The molecule has 1 N–H and O–H groups in total. The number of hydrogen-bond acceptors (Lipinski definition) is 4. The Balaban J connectivity index is 1.49. The second-order valence-electron chi connectivity index (χ2n) is 7.23. The van der Waals surface area contributed by atoms with Crippen LogP contribution in [0.4, 0.5) is 20.4 Å². The van der Waals surface area contributed by atoms with Crippen molar-refractivity contribution in [3.8, 4) is 0 Å². The van der Waals surface area contributed by atoms with Crippen molar-refractivity contribution in [2.75, 3.05) is 29.4 Å². The average molecular weight is 408 g/mol. The Morgan fingerprint density at radius 2 is 1.96 bits per heavy atom. The molecule has 1 atom stereocenters. The Bertz CT molecular complexity index is 1050. The number of hydrogen-bond donors (Lipinski definition) is 1. The number of rotatable bonds is 2. The number of aromatic amines is 1. The van der Waals surface area contributed by atoms with Gasteiger partial charge in [0.2, 0.25) is 0 Å². The number of benzene rings is 1. The van der Waals surface area contributed by atoms with E-state index in [-0.39, 0.29) is 11.4 Å². The molecule has 1 saturated heterocycles. The van der Waals surface area contributed by atoms with Crippen molar-refractivity contribution < 1.29 is 8.78 Å². The minimum Gasteiger partial charge on any atom is -0.350 e. The van der Waals surface area contributed by atoms with Gasteiger partial charge in [0.15, 0.2) is 17.5 Å². The van der Waals surface area contributed by atoms with Crippen LogP contribution >= 0.6 is 20.8 Å². The highest BCUT2D eigenvalue weighted by Gasteiger charge is 2.53. The van der Waals surface area contributed by atoms with Crippen LogP contribution in [-0.2, 0) is 0 Å². The molecule has 9 heteroatoms. The van der Waals surface area contributed by atoms with Crippen LogP contribution in [0.25, 0.3) is 10.9 Å². The second-order valence-corrected chi connectivity index (χ2v) is 8.30. The zero-order chi connectivity index (χ0) is 18.8. The summed E-state index contributed by atoms with van der Waals surface area (Å²) in [5.74, 6) is 0.420. The van der Waals surface area contributed by atoms with E-state index in [9.17, 15) is 8.78 Å². The molecule has 0 amide bonds. The lowest BCUT2D eigenvalue weighted by atomic mass is 10.1. The van der Waals surface area contributed by atoms with Gasteiger partial charge < -0.3 is 9.80 Å². The maximum absolute atomic E-state index is 14.4. The Hall–Kier alpha value is -1.98. The van der Waals surface area contributed by atoms with Gasteiger partial charge in [-0.1, -0.05) is 11.6 Å². The molecule has 2 aliphatic rings. The highest BCUT2D eigenvalue weighted by Crippen LogP contribution is 2.48. The smallest absolute Gasteiger partial charge is 0.166 e. The van der Waals surface area contributed by atoms with Gasteiger partial charge in [-0.2, -0.15) is 5.10 Å². The predicted molar refractivity (Wildman–Crippen MR) is 106 cm³/mol. The number of piperazine rings is 1.